The van der Waals surface area contributed by atoms with Gasteiger partial charge in [-0.15, -0.1) is 0 Å². The number of rotatable bonds is 2. The van der Waals surface area contributed by atoms with E-state index in [4.69, 9.17) is 5.26 Å². The lowest BCUT2D eigenvalue weighted by atomic mass is 9.90. The van der Waals surface area contributed by atoms with Crippen molar-refractivity contribution >= 4 is 11.7 Å². The smallest absolute Gasteiger partial charge is 0.324 e. The maximum absolute atomic E-state index is 13.5. The van der Waals surface area contributed by atoms with E-state index in [-0.39, 0.29) is 11.5 Å². The molecule has 5 nitrogen and oxygen atoms in total. The van der Waals surface area contributed by atoms with Crippen LogP contribution in [0.25, 0.3) is 0 Å². The summed E-state index contributed by atoms with van der Waals surface area (Å²) >= 11 is 0. The fourth-order valence-corrected chi connectivity index (χ4v) is 2.21. The van der Waals surface area contributed by atoms with E-state index >= 15 is 0 Å². The third kappa shape index (κ3) is 2.20. The Morgan fingerprint density at radius 1 is 1.38 bits per heavy atom. The molecule has 0 bridgehead atoms. The zero-order valence-corrected chi connectivity index (χ0v) is 11.2. The van der Waals surface area contributed by atoms with E-state index in [2.05, 4.69) is 15.6 Å². The van der Waals surface area contributed by atoms with E-state index in [1.807, 2.05) is 0 Å². The predicted octanol–water partition coefficient (Wildman–Crippen LogP) is 1.45. The van der Waals surface area contributed by atoms with E-state index in [0.29, 0.717) is 5.69 Å². The molecule has 1 aromatic heterocycles. The Morgan fingerprint density at radius 2 is 2.05 bits per heavy atom. The van der Waals surface area contributed by atoms with Crippen molar-refractivity contribution in [3.8, 4) is 6.07 Å². The van der Waals surface area contributed by atoms with Gasteiger partial charge in [0, 0.05) is 11.8 Å². The maximum atomic E-state index is 13.5. The van der Waals surface area contributed by atoms with Gasteiger partial charge in [0.2, 0.25) is 0 Å². The maximum Gasteiger partial charge on any atom is 0.446 e. The van der Waals surface area contributed by atoms with E-state index < -0.39 is 23.2 Å². The Bertz CT molecular complexity index is 675. The average molecular weight is 297 g/mol. The van der Waals surface area contributed by atoms with E-state index in [0.717, 1.165) is 0 Å². The number of anilines is 1. The topological polar surface area (TPSA) is 79.1 Å². The number of H-pyrrole nitrogens is 1. The molecular weight excluding hydrogens is 285 g/mol. The molecule has 0 spiro atoms. The van der Waals surface area contributed by atoms with Crippen molar-refractivity contribution in [1.29, 1.82) is 5.26 Å². The number of carbonyl (C=O) groups is 1. The highest BCUT2D eigenvalue weighted by Gasteiger charge is 2.70. The molecule has 2 rings (SSSR count). The quantitative estimate of drug-likeness (QED) is 0.867. The van der Waals surface area contributed by atoms with Crippen LogP contribution in [0.5, 0.6) is 0 Å². The number of aromatic amines is 1. The van der Waals surface area contributed by atoms with Crippen LogP contribution in [0.1, 0.15) is 12.6 Å². The standard InChI is InChI=1S/C13H11F3N4O/c1-7-4-3-5-10(18-7)20-12(13(14,15)16)9(6-17)8(2)19-11(12)21/h3-5H,1-2H3,(H,18,20)(H,19,21)/p+1/t12-/m0/s1. The first-order valence-corrected chi connectivity index (χ1v) is 5.99. The molecule has 0 saturated carbocycles. The van der Waals surface area contributed by atoms with E-state index in [1.165, 1.54) is 25.1 Å². The van der Waals surface area contributed by atoms with Gasteiger partial charge in [-0.25, -0.2) is 10.3 Å². The van der Waals surface area contributed by atoms with Gasteiger partial charge in [-0.05, 0) is 19.9 Å². The molecule has 3 N–H and O–H groups in total. The zero-order valence-electron chi connectivity index (χ0n) is 11.2. The highest BCUT2D eigenvalue weighted by molar-refractivity contribution is 5.99. The molecule has 0 fully saturated rings. The first kappa shape index (κ1) is 14.8. The molecule has 2 heterocycles. The fourth-order valence-electron chi connectivity index (χ4n) is 2.21. The highest BCUT2D eigenvalue weighted by Crippen LogP contribution is 2.42. The molecular formula is C13H12F3N4O+. The number of alkyl halides is 3. The summed E-state index contributed by atoms with van der Waals surface area (Å²) in [5.41, 5.74) is -3.28. The number of aromatic nitrogens is 1. The SMILES string of the molecule is CC1=C(C#N)[C@@](Nc2cccc(C)[nH+]2)(C(F)(F)F)C(=O)N1. The molecule has 0 unspecified atom stereocenters. The van der Waals surface area contributed by atoms with Crippen molar-refractivity contribution in [2.24, 2.45) is 0 Å². The Morgan fingerprint density at radius 3 is 2.57 bits per heavy atom. The molecule has 0 saturated heterocycles. The number of carbonyl (C=O) groups excluding carboxylic acids is 1. The van der Waals surface area contributed by atoms with Crippen LogP contribution in [-0.2, 0) is 4.79 Å². The summed E-state index contributed by atoms with van der Waals surface area (Å²) in [5.74, 6) is -1.33. The van der Waals surface area contributed by atoms with Gasteiger partial charge in [-0.1, -0.05) is 6.07 Å². The Labute approximate surface area is 118 Å². The summed E-state index contributed by atoms with van der Waals surface area (Å²) in [7, 11) is 0. The second-order valence-corrected chi connectivity index (χ2v) is 4.69. The third-order valence-corrected chi connectivity index (χ3v) is 3.19. The number of pyridine rings is 1. The van der Waals surface area contributed by atoms with Gasteiger partial charge >= 0.3 is 11.7 Å². The number of nitrogens with one attached hydrogen (secondary N) is 3. The summed E-state index contributed by atoms with van der Waals surface area (Å²) < 4.78 is 40.6. The van der Waals surface area contributed by atoms with Crippen LogP contribution in [0.15, 0.2) is 29.5 Å². The number of aryl methyl sites for hydroxylation is 1. The van der Waals surface area contributed by atoms with Crippen LogP contribution in [0.2, 0.25) is 0 Å². The van der Waals surface area contributed by atoms with Crippen LogP contribution >= 0.6 is 0 Å². The summed E-state index contributed by atoms with van der Waals surface area (Å²) in [6.07, 6.45) is -4.97. The van der Waals surface area contributed by atoms with Crippen LogP contribution in [0, 0.1) is 18.3 Å². The number of hydrogen-bond acceptors (Lipinski definition) is 3. The van der Waals surface area contributed by atoms with Crippen LogP contribution in [0.4, 0.5) is 19.0 Å². The van der Waals surface area contributed by atoms with Gasteiger partial charge in [0.1, 0.15) is 11.6 Å². The molecule has 8 heteroatoms. The predicted molar refractivity (Wildman–Crippen MR) is 66.6 cm³/mol. The fraction of sp³-hybridized carbons (Fsp3) is 0.308. The van der Waals surface area contributed by atoms with Crippen LogP contribution < -0.4 is 15.6 Å². The van der Waals surface area contributed by atoms with E-state index in [1.54, 1.807) is 13.0 Å². The largest absolute Gasteiger partial charge is 0.446 e. The van der Waals surface area contributed by atoms with Crippen molar-refractivity contribution in [1.82, 2.24) is 5.32 Å². The number of nitriles is 1. The van der Waals surface area contributed by atoms with Crippen LogP contribution in [-0.4, -0.2) is 17.6 Å². The van der Waals surface area contributed by atoms with Crippen molar-refractivity contribution in [2.45, 2.75) is 25.6 Å². The summed E-state index contributed by atoms with van der Waals surface area (Å²) in [6, 6.07) is 6.03. The molecule has 1 atom stereocenters. The van der Waals surface area contributed by atoms with Gasteiger partial charge in [0.15, 0.2) is 0 Å². The Hall–Kier alpha value is -2.56. The van der Waals surface area contributed by atoms with Crippen molar-refractivity contribution in [3.63, 3.8) is 0 Å². The average Bonchev–Trinajstić information content (AvgIpc) is 2.60. The summed E-state index contributed by atoms with van der Waals surface area (Å²) in [6.45, 7) is 2.91. The third-order valence-electron chi connectivity index (χ3n) is 3.19. The zero-order chi connectivity index (χ0) is 15.8. The molecule has 1 aliphatic rings. The Balaban J connectivity index is 2.60. The number of amides is 1. The second-order valence-electron chi connectivity index (χ2n) is 4.69. The molecule has 0 radical (unpaired) electrons. The van der Waals surface area contributed by atoms with Gasteiger partial charge in [0.25, 0.3) is 11.7 Å². The number of hydrogen-bond donors (Lipinski definition) is 2. The second kappa shape index (κ2) is 4.77. The van der Waals surface area contributed by atoms with Crippen molar-refractivity contribution < 1.29 is 22.9 Å². The lowest BCUT2D eigenvalue weighted by Gasteiger charge is -2.26. The number of halogens is 3. The first-order valence-electron chi connectivity index (χ1n) is 5.99. The molecule has 1 amide bonds. The molecule has 1 aliphatic heterocycles. The first-order chi connectivity index (χ1) is 9.72. The van der Waals surface area contributed by atoms with Gasteiger partial charge in [-0.3, -0.25) is 4.79 Å². The normalized spacial score (nSPS) is 22.0. The van der Waals surface area contributed by atoms with Gasteiger partial charge < -0.3 is 5.32 Å². The Kier molecular flexibility index (Phi) is 3.37. The highest BCUT2D eigenvalue weighted by atomic mass is 19.4. The number of nitrogens with zero attached hydrogens (tertiary/aromatic N) is 1. The molecule has 21 heavy (non-hydrogen) atoms. The van der Waals surface area contributed by atoms with Crippen LogP contribution in [0.3, 0.4) is 0 Å². The molecule has 0 aliphatic carbocycles. The van der Waals surface area contributed by atoms with Crippen molar-refractivity contribution in [3.05, 3.63) is 35.2 Å². The molecule has 0 aromatic carbocycles. The summed E-state index contributed by atoms with van der Waals surface area (Å²) in [4.78, 5) is 14.6. The molecule has 1 aromatic rings. The monoisotopic (exact) mass is 297 g/mol. The van der Waals surface area contributed by atoms with Gasteiger partial charge in [0.05, 0.1) is 5.69 Å². The van der Waals surface area contributed by atoms with Crippen molar-refractivity contribution in [2.75, 3.05) is 5.32 Å². The molecule has 110 valence electrons. The summed E-state index contributed by atoms with van der Waals surface area (Å²) in [5, 5.41) is 13.3. The van der Waals surface area contributed by atoms with Gasteiger partial charge in [-0.2, -0.15) is 18.4 Å². The lowest BCUT2D eigenvalue weighted by molar-refractivity contribution is -0.372. The number of allylic oxidation sites excluding steroid dienone is 1. The van der Waals surface area contributed by atoms with E-state index in [9.17, 15) is 18.0 Å². The minimum absolute atomic E-state index is 0.00933. The minimum atomic E-state index is -4.97. The lowest BCUT2D eigenvalue weighted by Crippen LogP contribution is -2.59. The minimum Gasteiger partial charge on any atom is -0.324 e.